The number of hydrogen-bond acceptors (Lipinski definition) is 5. The molecule has 2 unspecified atom stereocenters. The molecule has 7 heteroatoms. The second-order valence-electron chi connectivity index (χ2n) is 4.97. The largest absolute Gasteiger partial charge is 0.456 e. The van der Waals surface area contributed by atoms with E-state index in [-0.39, 0.29) is 11.7 Å². The molecule has 0 saturated heterocycles. The van der Waals surface area contributed by atoms with E-state index in [1.54, 1.807) is 7.11 Å². The van der Waals surface area contributed by atoms with E-state index >= 15 is 0 Å². The Morgan fingerprint density at radius 3 is 2.43 bits per heavy atom. The normalized spacial score (nSPS) is 22.8. The molecular weight excluding hydrogens is 296 g/mol. The lowest BCUT2D eigenvalue weighted by atomic mass is 9.94. The molecule has 21 heavy (non-hydrogen) atoms. The van der Waals surface area contributed by atoms with Crippen LogP contribution in [0.15, 0.2) is 29.2 Å². The standard InChI is InChI=1S/C14H18O6S/c1-19-11-7-3-4-8-12(11)20-14(15)10-6-2-5-9-13(10)21(16,17)18/h2,5-6,9,11-12H,3-4,7-8H2,1H3,(H,16,17,18). The first-order valence-electron chi connectivity index (χ1n) is 6.74. The maximum Gasteiger partial charge on any atom is 0.339 e. The maximum atomic E-state index is 12.2. The Balaban J connectivity index is 2.21. The molecule has 6 nitrogen and oxygen atoms in total. The van der Waals surface area contributed by atoms with E-state index in [0.717, 1.165) is 19.3 Å². The molecule has 1 aliphatic rings. The van der Waals surface area contributed by atoms with Gasteiger partial charge in [-0.1, -0.05) is 18.6 Å². The summed E-state index contributed by atoms with van der Waals surface area (Å²) in [5.41, 5.74) is -0.166. The first kappa shape index (κ1) is 15.9. The third-order valence-electron chi connectivity index (χ3n) is 3.59. The van der Waals surface area contributed by atoms with E-state index in [4.69, 9.17) is 14.0 Å². The van der Waals surface area contributed by atoms with Crippen LogP contribution in [0.4, 0.5) is 0 Å². The van der Waals surface area contributed by atoms with Gasteiger partial charge in [-0.3, -0.25) is 4.55 Å². The molecule has 1 aromatic carbocycles. The summed E-state index contributed by atoms with van der Waals surface area (Å²) in [6.45, 7) is 0. The van der Waals surface area contributed by atoms with Crippen molar-refractivity contribution >= 4 is 16.1 Å². The number of carbonyl (C=O) groups excluding carboxylic acids is 1. The van der Waals surface area contributed by atoms with Crippen molar-refractivity contribution in [1.82, 2.24) is 0 Å². The molecule has 0 aromatic heterocycles. The Bertz CT molecular complexity index is 610. The number of methoxy groups -OCH3 is 1. The van der Waals surface area contributed by atoms with Crippen LogP contribution in [0.25, 0.3) is 0 Å². The average molecular weight is 314 g/mol. The van der Waals surface area contributed by atoms with Crippen molar-refractivity contribution in [2.24, 2.45) is 0 Å². The maximum absolute atomic E-state index is 12.2. The zero-order chi connectivity index (χ0) is 15.5. The molecule has 0 aliphatic heterocycles. The molecule has 0 amide bonds. The Labute approximate surface area is 123 Å². The summed E-state index contributed by atoms with van der Waals surface area (Å²) in [5.74, 6) is -0.767. The molecule has 1 N–H and O–H groups in total. The predicted octanol–water partition coefficient (Wildman–Crippen LogP) is 2.05. The van der Waals surface area contributed by atoms with E-state index in [1.807, 2.05) is 0 Å². The SMILES string of the molecule is COC1CCCCC1OC(=O)c1ccccc1S(=O)(=O)O. The highest BCUT2D eigenvalue weighted by molar-refractivity contribution is 7.86. The molecule has 0 spiro atoms. The van der Waals surface area contributed by atoms with Crippen LogP contribution in [0.5, 0.6) is 0 Å². The quantitative estimate of drug-likeness (QED) is 0.675. The molecule has 116 valence electrons. The van der Waals surface area contributed by atoms with Gasteiger partial charge in [0.15, 0.2) is 0 Å². The lowest BCUT2D eigenvalue weighted by Gasteiger charge is -2.30. The monoisotopic (exact) mass is 314 g/mol. The van der Waals surface area contributed by atoms with Crippen LogP contribution in [0.3, 0.4) is 0 Å². The molecule has 1 aliphatic carbocycles. The van der Waals surface area contributed by atoms with Gasteiger partial charge in [0.05, 0.1) is 11.7 Å². The summed E-state index contributed by atoms with van der Waals surface area (Å²) in [5, 5.41) is 0. The third kappa shape index (κ3) is 3.81. The molecule has 0 bridgehead atoms. The summed E-state index contributed by atoms with van der Waals surface area (Å²) >= 11 is 0. The van der Waals surface area contributed by atoms with Crippen molar-refractivity contribution in [1.29, 1.82) is 0 Å². The molecular formula is C14H18O6S. The van der Waals surface area contributed by atoms with Gasteiger partial charge in [-0.05, 0) is 31.4 Å². The van der Waals surface area contributed by atoms with Crippen LogP contribution in [-0.2, 0) is 19.6 Å². The molecule has 0 heterocycles. The van der Waals surface area contributed by atoms with Crippen LogP contribution in [0.1, 0.15) is 36.0 Å². The summed E-state index contributed by atoms with van der Waals surface area (Å²) in [6, 6.07) is 5.43. The summed E-state index contributed by atoms with van der Waals surface area (Å²) in [4.78, 5) is 11.7. The number of benzene rings is 1. The minimum absolute atomic E-state index is 0.166. The highest BCUT2D eigenvalue weighted by Gasteiger charge is 2.30. The van der Waals surface area contributed by atoms with Crippen molar-refractivity contribution in [2.45, 2.75) is 42.8 Å². The van der Waals surface area contributed by atoms with Gasteiger partial charge in [-0.15, -0.1) is 0 Å². The first-order chi connectivity index (χ1) is 9.93. The van der Waals surface area contributed by atoms with Gasteiger partial charge in [0.2, 0.25) is 0 Å². The number of hydrogen-bond donors (Lipinski definition) is 1. The minimum Gasteiger partial charge on any atom is -0.456 e. The predicted molar refractivity (Wildman–Crippen MR) is 74.7 cm³/mol. The van der Waals surface area contributed by atoms with Crippen molar-refractivity contribution in [3.8, 4) is 0 Å². The minimum atomic E-state index is -4.47. The van der Waals surface area contributed by atoms with Crippen molar-refractivity contribution in [3.05, 3.63) is 29.8 Å². The first-order valence-corrected chi connectivity index (χ1v) is 8.18. The number of rotatable bonds is 4. The lowest BCUT2D eigenvalue weighted by Crippen LogP contribution is -2.35. The number of esters is 1. The van der Waals surface area contributed by atoms with Crippen LogP contribution in [-0.4, -0.2) is 38.3 Å². The van der Waals surface area contributed by atoms with Gasteiger partial charge in [0, 0.05) is 7.11 Å². The van der Waals surface area contributed by atoms with Gasteiger partial charge < -0.3 is 9.47 Å². The summed E-state index contributed by atoms with van der Waals surface area (Å²) in [6.07, 6.45) is 2.84. The fourth-order valence-electron chi connectivity index (χ4n) is 2.53. The van der Waals surface area contributed by atoms with Crippen LogP contribution in [0.2, 0.25) is 0 Å². The van der Waals surface area contributed by atoms with Crippen LogP contribution < -0.4 is 0 Å². The fourth-order valence-corrected chi connectivity index (χ4v) is 3.21. The Morgan fingerprint density at radius 2 is 1.81 bits per heavy atom. The van der Waals surface area contributed by atoms with E-state index in [1.165, 1.54) is 24.3 Å². The summed E-state index contributed by atoms with van der Waals surface area (Å²) in [7, 11) is -2.91. The number of ether oxygens (including phenoxy) is 2. The van der Waals surface area contributed by atoms with Crippen molar-refractivity contribution < 1.29 is 27.2 Å². The Kier molecular flexibility index (Phi) is 4.97. The van der Waals surface area contributed by atoms with Gasteiger partial charge in [0.1, 0.15) is 11.0 Å². The van der Waals surface area contributed by atoms with E-state index < -0.39 is 27.1 Å². The molecule has 1 saturated carbocycles. The second-order valence-corrected chi connectivity index (χ2v) is 6.36. The number of carbonyl (C=O) groups is 1. The van der Waals surface area contributed by atoms with Crippen molar-refractivity contribution in [2.75, 3.05) is 7.11 Å². The fraction of sp³-hybridized carbons (Fsp3) is 0.500. The van der Waals surface area contributed by atoms with Gasteiger partial charge in [-0.2, -0.15) is 8.42 Å². The molecule has 2 rings (SSSR count). The van der Waals surface area contributed by atoms with Crippen LogP contribution in [0, 0.1) is 0 Å². The van der Waals surface area contributed by atoms with E-state index in [0.29, 0.717) is 6.42 Å². The van der Waals surface area contributed by atoms with Gasteiger partial charge in [-0.25, -0.2) is 4.79 Å². The second kappa shape index (κ2) is 6.55. The molecule has 1 fully saturated rings. The smallest absolute Gasteiger partial charge is 0.339 e. The van der Waals surface area contributed by atoms with Gasteiger partial charge >= 0.3 is 5.97 Å². The lowest BCUT2D eigenvalue weighted by molar-refractivity contribution is -0.0541. The van der Waals surface area contributed by atoms with E-state index in [9.17, 15) is 13.2 Å². The Hall–Kier alpha value is -1.44. The van der Waals surface area contributed by atoms with E-state index in [2.05, 4.69) is 0 Å². The molecule has 0 radical (unpaired) electrons. The average Bonchev–Trinajstić information content (AvgIpc) is 2.47. The topological polar surface area (TPSA) is 89.9 Å². The molecule has 1 aromatic rings. The zero-order valence-corrected chi connectivity index (χ0v) is 12.5. The van der Waals surface area contributed by atoms with Gasteiger partial charge in [0.25, 0.3) is 10.1 Å². The van der Waals surface area contributed by atoms with Crippen molar-refractivity contribution in [3.63, 3.8) is 0 Å². The third-order valence-corrected chi connectivity index (χ3v) is 4.50. The Morgan fingerprint density at radius 1 is 1.19 bits per heavy atom. The highest BCUT2D eigenvalue weighted by atomic mass is 32.2. The summed E-state index contributed by atoms with van der Waals surface area (Å²) < 4.78 is 42.4. The molecule has 2 atom stereocenters. The van der Waals surface area contributed by atoms with Crippen LogP contribution >= 0.6 is 0 Å². The zero-order valence-electron chi connectivity index (χ0n) is 11.7. The highest BCUT2D eigenvalue weighted by Crippen LogP contribution is 2.25.